The highest BCUT2D eigenvalue weighted by Crippen LogP contribution is 2.35. The van der Waals surface area contributed by atoms with Crippen LogP contribution in [0.2, 0.25) is 13.1 Å². The molecule has 168 valence electrons. The normalized spacial score (nSPS) is 13.3. The van der Waals surface area contributed by atoms with Gasteiger partial charge in [0, 0.05) is 29.4 Å². The van der Waals surface area contributed by atoms with E-state index in [9.17, 15) is 4.79 Å². The van der Waals surface area contributed by atoms with Gasteiger partial charge in [0.05, 0.1) is 6.61 Å². The number of rotatable bonds is 11. The van der Waals surface area contributed by atoms with E-state index in [1.54, 1.807) is 11.9 Å². The Morgan fingerprint density at radius 1 is 1.13 bits per heavy atom. The van der Waals surface area contributed by atoms with Crippen LogP contribution in [0.1, 0.15) is 34.6 Å². The third-order valence-corrected chi connectivity index (χ3v) is 5.95. The molecule has 4 radical (unpaired) electrons. The van der Waals surface area contributed by atoms with Crippen LogP contribution in [0.4, 0.5) is 4.79 Å². The zero-order chi connectivity index (χ0) is 22.9. The maximum absolute atomic E-state index is 12.6. The summed E-state index contributed by atoms with van der Waals surface area (Å²) in [6, 6.07) is 7.72. The van der Waals surface area contributed by atoms with E-state index in [4.69, 9.17) is 18.3 Å². The van der Waals surface area contributed by atoms with Gasteiger partial charge in [0.2, 0.25) is 19.5 Å². The molecule has 0 saturated carbocycles. The van der Waals surface area contributed by atoms with Crippen molar-refractivity contribution in [3.63, 3.8) is 0 Å². The molecule has 0 aromatic heterocycles. The van der Waals surface area contributed by atoms with Crippen LogP contribution in [-0.2, 0) is 13.6 Å². The molecule has 1 amide bonds. The summed E-state index contributed by atoms with van der Waals surface area (Å²) in [5.74, 6) is 0.699. The van der Waals surface area contributed by atoms with E-state index >= 15 is 0 Å². The van der Waals surface area contributed by atoms with Crippen LogP contribution in [0.15, 0.2) is 28.7 Å². The zero-order valence-corrected chi connectivity index (χ0v) is 22.8. The van der Waals surface area contributed by atoms with E-state index < -0.39 is 17.3 Å². The van der Waals surface area contributed by atoms with Crippen molar-refractivity contribution in [3.05, 3.63) is 28.7 Å². The van der Waals surface area contributed by atoms with E-state index in [0.717, 1.165) is 10.2 Å². The minimum atomic E-state index is -0.551. The fraction of sp³-hybridized carbons (Fsp3) is 0.667. The predicted molar refractivity (Wildman–Crippen MR) is 125 cm³/mol. The second kappa shape index (κ2) is 12.2. The van der Waals surface area contributed by atoms with Crippen LogP contribution < -0.4 is 4.74 Å². The smallest absolute Gasteiger partial charge is 0.410 e. The maximum Gasteiger partial charge on any atom is 0.410 e. The number of carbonyl (C=O) groups is 1. The summed E-state index contributed by atoms with van der Waals surface area (Å²) in [6.07, 6.45) is -0.758. The topological polar surface area (TPSA) is 57.2 Å². The van der Waals surface area contributed by atoms with Gasteiger partial charge in [0.1, 0.15) is 17.6 Å². The molecule has 0 N–H and O–H groups in total. The Balaban J connectivity index is 3.05. The fourth-order valence-electron chi connectivity index (χ4n) is 2.74. The highest BCUT2D eigenvalue weighted by atomic mass is 79.9. The predicted octanol–water partition coefficient (Wildman–Crippen LogP) is 5.03. The maximum atomic E-state index is 12.6. The summed E-state index contributed by atoms with van der Waals surface area (Å²) in [5, 5.41) is 0. The van der Waals surface area contributed by atoms with Crippen molar-refractivity contribution in [2.45, 2.75) is 59.6 Å². The van der Waals surface area contributed by atoms with Crippen LogP contribution >= 0.6 is 15.9 Å². The second-order valence-corrected chi connectivity index (χ2v) is 10.8. The van der Waals surface area contributed by atoms with Gasteiger partial charge >= 0.3 is 6.09 Å². The number of ether oxygens (including phenoxy) is 2. The third-order valence-electron chi connectivity index (χ3n) is 4.56. The van der Waals surface area contributed by atoms with E-state index in [2.05, 4.69) is 29.8 Å². The van der Waals surface area contributed by atoms with Crippen molar-refractivity contribution in [3.8, 4) is 5.75 Å². The van der Waals surface area contributed by atoms with Gasteiger partial charge in [-0.3, -0.25) is 0 Å². The molecule has 0 aliphatic heterocycles. The highest BCUT2D eigenvalue weighted by Gasteiger charge is 2.40. The van der Waals surface area contributed by atoms with Crippen molar-refractivity contribution in [1.82, 2.24) is 4.90 Å². The molecule has 0 aliphatic carbocycles. The van der Waals surface area contributed by atoms with E-state index in [1.165, 1.54) is 0 Å². The summed E-state index contributed by atoms with van der Waals surface area (Å²) in [7, 11) is 2.34. The van der Waals surface area contributed by atoms with Gasteiger partial charge in [-0.15, -0.1) is 0 Å². The number of carbonyl (C=O) groups excluding carboxylic acids is 1. The lowest BCUT2D eigenvalue weighted by Gasteiger charge is -2.41. The first-order chi connectivity index (χ1) is 13.9. The Bertz CT molecular complexity index is 663. The molecule has 9 heteroatoms. The molecular formula is C21H34BrNO5Si2. The minimum Gasteiger partial charge on any atom is -0.493 e. The van der Waals surface area contributed by atoms with Gasteiger partial charge in [-0.2, -0.15) is 0 Å². The second-order valence-electron chi connectivity index (χ2n) is 8.62. The Morgan fingerprint density at radius 3 is 2.23 bits per heavy atom. The standard InChI is InChI=1S/C21H34BrNO5Si2/c1-20(2,3)26-19(24)23(6)13-15(14-25-17-11-9-10-16(22)12-17)21(4,5)18(27-29-7)28-30-8/h9-12,15,18H,13-14H2,1-8H3. The number of hydrogen-bond donors (Lipinski definition) is 0. The van der Waals surface area contributed by atoms with Crippen molar-refractivity contribution in [1.29, 1.82) is 0 Å². The number of benzene rings is 1. The molecule has 1 unspecified atom stereocenters. The van der Waals surface area contributed by atoms with E-state index in [-0.39, 0.29) is 12.0 Å². The molecule has 0 heterocycles. The van der Waals surface area contributed by atoms with Crippen LogP contribution in [0.25, 0.3) is 0 Å². The first-order valence-electron chi connectivity index (χ1n) is 9.88. The largest absolute Gasteiger partial charge is 0.493 e. The van der Waals surface area contributed by atoms with Gasteiger partial charge < -0.3 is 23.2 Å². The molecule has 1 aromatic carbocycles. The Labute approximate surface area is 195 Å². The average Bonchev–Trinajstić information content (AvgIpc) is 2.63. The number of amides is 1. The lowest BCUT2D eigenvalue weighted by Crippen LogP contribution is -2.49. The molecule has 0 fully saturated rings. The molecular weight excluding hydrogens is 482 g/mol. The quantitative estimate of drug-likeness (QED) is 0.305. The minimum absolute atomic E-state index is 0.0632. The van der Waals surface area contributed by atoms with E-state index in [0.29, 0.717) is 32.7 Å². The van der Waals surface area contributed by atoms with Gasteiger partial charge in [0.25, 0.3) is 0 Å². The third kappa shape index (κ3) is 9.09. The van der Waals surface area contributed by atoms with Gasteiger partial charge in [0.15, 0.2) is 0 Å². The molecule has 30 heavy (non-hydrogen) atoms. The van der Waals surface area contributed by atoms with Gasteiger partial charge in [-0.25, -0.2) is 4.79 Å². The molecule has 0 saturated heterocycles. The molecule has 1 atom stereocenters. The molecule has 6 nitrogen and oxygen atoms in total. The van der Waals surface area contributed by atoms with E-state index in [1.807, 2.05) is 58.1 Å². The lowest BCUT2D eigenvalue weighted by molar-refractivity contribution is -0.115. The number of hydrogen-bond acceptors (Lipinski definition) is 5. The average molecular weight is 517 g/mol. The van der Waals surface area contributed by atoms with Gasteiger partial charge in [-0.05, 0) is 52.1 Å². The van der Waals surface area contributed by atoms with Crippen molar-refractivity contribution >= 4 is 41.5 Å². The van der Waals surface area contributed by atoms with Crippen LogP contribution in [-0.4, -0.2) is 62.6 Å². The summed E-state index contributed by atoms with van der Waals surface area (Å²) in [6.45, 7) is 14.6. The van der Waals surface area contributed by atoms with Crippen LogP contribution in [0, 0.1) is 11.3 Å². The highest BCUT2D eigenvalue weighted by molar-refractivity contribution is 9.10. The summed E-state index contributed by atoms with van der Waals surface area (Å²) in [5.41, 5.74) is -0.959. The van der Waals surface area contributed by atoms with Crippen LogP contribution in [0.3, 0.4) is 0 Å². The van der Waals surface area contributed by atoms with Crippen molar-refractivity contribution < 1.29 is 23.1 Å². The fourth-order valence-corrected chi connectivity index (χ4v) is 4.34. The summed E-state index contributed by atoms with van der Waals surface area (Å²) >= 11 is 3.47. The Kier molecular flexibility index (Phi) is 11.1. The first-order valence-corrected chi connectivity index (χ1v) is 13.5. The zero-order valence-electron chi connectivity index (χ0n) is 19.2. The summed E-state index contributed by atoms with van der Waals surface area (Å²) < 4.78 is 24.5. The molecule has 1 rings (SSSR count). The Morgan fingerprint density at radius 2 is 1.73 bits per heavy atom. The monoisotopic (exact) mass is 515 g/mol. The Hall–Kier alpha value is -0.876. The summed E-state index contributed by atoms with van der Waals surface area (Å²) in [4.78, 5) is 14.2. The molecule has 0 bridgehead atoms. The lowest BCUT2D eigenvalue weighted by atomic mass is 9.78. The SMILES string of the molecule is C[Si]OC(O[Si]C)C(C)(C)C(COc1cccc(Br)c1)CN(C)C(=O)OC(C)(C)C. The van der Waals surface area contributed by atoms with Gasteiger partial charge in [-0.1, -0.05) is 35.8 Å². The van der Waals surface area contributed by atoms with Crippen molar-refractivity contribution in [2.75, 3.05) is 20.2 Å². The number of nitrogens with zero attached hydrogens (tertiary/aromatic N) is 1. The molecule has 0 spiro atoms. The molecule has 1 aromatic rings. The van der Waals surface area contributed by atoms with Crippen molar-refractivity contribution in [2.24, 2.45) is 11.3 Å². The molecule has 0 aliphatic rings. The first kappa shape index (κ1) is 27.2. The van der Waals surface area contributed by atoms with Crippen LogP contribution in [0.5, 0.6) is 5.75 Å². The number of halogens is 1.